The molecule has 0 aromatic carbocycles. The highest BCUT2D eigenvalue weighted by atomic mass is 16.5. The third-order valence-electron chi connectivity index (χ3n) is 2.13. The van der Waals surface area contributed by atoms with E-state index in [4.69, 9.17) is 9.84 Å². The Balaban J connectivity index is 3.02. The number of ether oxygens (including phenoxy) is 1. The molecule has 0 atom stereocenters. The first-order chi connectivity index (χ1) is 7.56. The molecule has 0 saturated heterocycles. The van der Waals surface area contributed by atoms with E-state index in [9.17, 15) is 4.79 Å². The van der Waals surface area contributed by atoms with Crippen LogP contribution in [0.25, 0.3) is 0 Å². The molecule has 6 nitrogen and oxygen atoms in total. The number of nitrogens with zero attached hydrogens (tertiary/aromatic N) is 3. The Hall–Kier alpha value is -1.69. The van der Waals surface area contributed by atoms with E-state index in [1.165, 1.54) is 13.3 Å². The molecule has 0 aliphatic carbocycles. The van der Waals surface area contributed by atoms with Crippen molar-refractivity contribution in [2.75, 3.05) is 27.7 Å². The van der Waals surface area contributed by atoms with Gasteiger partial charge in [0.2, 0.25) is 5.88 Å². The van der Waals surface area contributed by atoms with Crippen molar-refractivity contribution in [2.24, 2.45) is 0 Å². The molecule has 88 valence electrons. The second-order valence-electron chi connectivity index (χ2n) is 3.61. The van der Waals surface area contributed by atoms with Crippen LogP contribution >= 0.6 is 0 Å². The largest absolute Gasteiger partial charge is 0.479 e. The Labute approximate surface area is 93.9 Å². The third kappa shape index (κ3) is 2.90. The fourth-order valence-corrected chi connectivity index (χ4v) is 1.31. The van der Waals surface area contributed by atoms with Crippen molar-refractivity contribution in [1.29, 1.82) is 0 Å². The zero-order chi connectivity index (χ0) is 12.1. The summed E-state index contributed by atoms with van der Waals surface area (Å²) < 4.78 is 4.89. The fraction of sp³-hybridized carbons (Fsp3) is 0.500. The fourth-order valence-electron chi connectivity index (χ4n) is 1.31. The first-order valence-corrected chi connectivity index (χ1v) is 4.82. The molecule has 16 heavy (non-hydrogen) atoms. The van der Waals surface area contributed by atoms with Crippen LogP contribution in [0.4, 0.5) is 0 Å². The van der Waals surface area contributed by atoms with Crippen molar-refractivity contribution in [2.45, 2.75) is 6.42 Å². The van der Waals surface area contributed by atoms with Gasteiger partial charge in [0.15, 0.2) is 0 Å². The maximum absolute atomic E-state index is 11.1. The summed E-state index contributed by atoms with van der Waals surface area (Å²) in [5, 5.41) is 16.4. The van der Waals surface area contributed by atoms with Gasteiger partial charge in [0.05, 0.1) is 13.3 Å². The van der Waals surface area contributed by atoms with Crippen molar-refractivity contribution in [1.82, 2.24) is 15.1 Å². The van der Waals surface area contributed by atoms with Gasteiger partial charge >= 0.3 is 5.97 Å². The van der Waals surface area contributed by atoms with E-state index >= 15 is 0 Å². The predicted molar refractivity (Wildman–Crippen MR) is 57.8 cm³/mol. The highest BCUT2D eigenvalue weighted by Gasteiger charge is 2.18. The van der Waals surface area contributed by atoms with Crippen molar-refractivity contribution in [3.63, 3.8) is 0 Å². The molecular weight excluding hydrogens is 210 g/mol. The summed E-state index contributed by atoms with van der Waals surface area (Å²) in [4.78, 5) is 13.1. The van der Waals surface area contributed by atoms with Gasteiger partial charge in [-0.25, -0.2) is 4.79 Å². The lowest BCUT2D eigenvalue weighted by Crippen LogP contribution is -2.17. The zero-order valence-corrected chi connectivity index (χ0v) is 9.60. The van der Waals surface area contributed by atoms with E-state index < -0.39 is 5.97 Å². The van der Waals surface area contributed by atoms with Crippen molar-refractivity contribution >= 4 is 5.97 Å². The maximum Gasteiger partial charge on any atom is 0.341 e. The lowest BCUT2D eigenvalue weighted by molar-refractivity contribution is 0.0690. The summed E-state index contributed by atoms with van der Waals surface area (Å²) in [7, 11) is 5.23. The normalized spacial score (nSPS) is 10.5. The van der Waals surface area contributed by atoms with Crippen LogP contribution in [0, 0.1) is 0 Å². The van der Waals surface area contributed by atoms with Gasteiger partial charge in [0.1, 0.15) is 5.56 Å². The molecule has 1 rings (SSSR count). The molecule has 0 fully saturated rings. The average molecular weight is 225 g/mol. The first-order valence-electron chi connectivity index (χ1n) is 4.82. The molecule has 0 saturated carbocycles. The summed E-state index contributed by atoms with van der Waals surface area (Å²) in [5.74, 6) is -0.982. The monoisotopic (exact) mass is 225 g/mol. The molecule has 0 spiro atoms. The third-order valence-corrected chi connectivity index (χ3v) is 2.13. The smallest absolute Gasteiger partial charge is 0.341 e. The Morgan fingerprint density at radius 3 is 2.75 bits per heavy atom. The number of aromatic carboxylic acids is 1. The molecule has 1 N–H and O–H groups in total. The number of hydrogen-bond acceptors (Lipinski definition) is 5. The van der Waals surface area contributed by atoms with Crippen LogP contribution in [0.15, 0.2) is 6.20 Å². The molecule has 1 aromatic rings. The molecule has 0 aliphatic heterocycles. The Bertz CT molecular complexity index is 380. The van der Waals surface area contributed by atoms with Gasteiger partial charge in [-0.05, 0) is 26.1 Å². The van der Waals surface area contributed by atoms with Crippen molar-refractivity contribution < 1.29 is 14.6 Å². The summed E-state index contributed by atoms with van der Waals surface area (Å²) in [6.45, 7) is 0.745. The molecule has 0 radical (unpaired) electrons. The van der Waals surface area contributed by atoms with E-state index in [1.54, 1.807) is 0 Å². The summed E-state index contributed by atoms with van der Waals surface area (Å²) in [5.41, 5.74) is 0.729. The number of carboxylic acid groups (broad SMARTS) is 1. The predicted octanol–water partition coefficient (Wildman–Crippen LogP) is 0.288. The maximum atomic E-state index is 11.1. The van der Waals surface area contributed by atoms with Gasteiger partial charge in [0.25, 0.3) is 0 Å². The van der Waals surface area contributed by atoms with Gasteiger partial charge in [-0.15, -0.1) is 5.10 Å². The number of likely N-dealkylation sites (N-methyl/N-ethyl adjacent to an activating group) is 1. The van der Waals surface area contributed by atoms with Crippen LogP contribution in [0.5, 0.6) is 5.88 Å². The van der Waals surface area contributed by atoms with Gasteiger partial charge in [-0.1, -0.05) is 0 Å². The molecule has 0 amide bonds. The molecule has 6 heteroatoms. The molecule has 0 bridgehead atoms. The van der Waals surface area contributed by atoms with E-state index in [0.717, 1.165) is 6.54 Å². The summed E-state index contributed by atoms with van der Waals surface area (Å²) in [6.07, 6.45) is 2.07. The minimum absolute atomic E-state index is 0.0590. The molecule has 0 aliphatic rings. The second kappa shape index (κ2) is 5.41. The molecule has 1 aromatic heterocycles. The van der Waals surface area contributed by atoms with Crippen molar-refractivity contribution in [3.8, 4) is 5.88 Å². The van der Waals surface area contributed by atoms with Crippen molar-refractivity contribution in [3.05, 3.63) is 17.3 Å². The number of rotatable bonds is 5. The van der Waals surface area contributed by atoms with Crippen LogP contribution in [-0.4, -0.2) is 53.9 Å². The summed E-state index contributed by atoms with van der Waals surface area (Å²) in [6, 6.07) is 0. The first kappa shape index (κ1) is 12.4. The highest BCUT2D eigenvalue weighted by molar-refractivity contribution is 5.91. The van der Waals surface area contributed by atoms with Crippen LogP contribution in [0.3, 0.4) is 0 Å². The quantitative estimate of drug-likeness (QED) is 0.776. The molecular formula is C10H15N3O3. The van der Waals surface area contributed by atoms with Crippen LogP contribution in [-0.2, 0) is 6.42 Å². The van der Waals surface area contributed by atoms with Gasteiger partial charge in [0, 0.05) is 6.54 Å². The second-order valence-corrected chi connectivity index (χ2v) is 3.61. The van der Waals surface area contributed by atoms with Gasteiger partial charge in [-0.3, -0.25) is 0 Å². The van der Waals surface area contributed by atoms with Gasteiger partial charge in [-0.2, -0.15) is 5.10 Å². The average Bonchev–Trinajstić information content (AvgIpc) is 2.25. The standard InChI is InChI=1S/C10H15N3O3/c1-13(2)5-4-7-6-11-12-9(16-3)8(7)10(14)15/h6H,4-5H2,1-3H3,(H,14,15). The van der Waals surface area contributed by atoms with E-state index in [2.05, 4.69) is 10.2 Å². The SMILES string of the molecule is COc1nncc(CCN(C)C)c1C(=O)O. The van der Waals surface area contributed by atoms with Crippen LogP contribution in [0.2, 0.25) is 0 Å². The minimum Gasteiger partial charge on any atom is -0.479 e. The number of methoxy groups -OCH3 is 1. The van der Waals surface area contributed by atoms with E-state index in [-0.39, 0.29) is 11.4 Å². The highest BCUT2D eigenvalue weighted by Crippen LogP contribution is 2.18. The van der Waals surface area contributed by atoms with Crippen LogP contribution < -0.4 is 4.74 Å². The lowest BCUT2D eigenvalue weighted by Gasteiger charge is -2.11. The minimum atomic E-state index is -1.04. The van der Waals surface area contributed by atoms with Crippen LogP contribution in [0.1, 0.15) is 15.9 Å². The number of carbonyl (C=O) groups is 1. The lowest BCUT2D eigenvalue weighted by atomic mass is 10.1. The van der Waals surface area contributed by atoms with E-state index in [1.807, 2.05) is 19.0 Å². The topological polar surface area (TPSA) is 75.6 Å². The number of carboxylic acids is 1. The van der Waals surface area contributed by atoms with E-state index in [0.29, 0.717) is 12.0 Å². The number of aromatic nitrogens is 2. The Kier molecular flexibility index (Phi) is 4.19. The molecule has 0 unspecified atom stereocenters. The van der Waals surface area contributed by atoms with Gasteiger partial charge < -0.3 is 14.7 Å². The summed E-state index contributed by atoms with van der Waals surface area (Å²) >= 11 is 0. The Morgan fingerprint density at radius 1 is 1.56 bits per heavy atom. The Morgan fingerprint density at radius 2 is 2.25 bits per heavy atom. The number of hydrogen-bond donors (Lipinski definition) is 1. The molecule has 1 heterocycles. The zero-order valence-electron chi connectivity index (χ0n) is 9.60.